The first kappa shape index (κ1) is 33.9. The predicted octanol–water partition coefficient (Wildman–Crippen LogP) is 3.63. The van der Waals surface area contributed by atoms with Gasteiger partial charge in [-0.1, -0.05) is 103 Å². The molecule has 0 saturated carbocycles. The fraction of sp³-hybridized carbons (Fsp3) is 0.333. The summed E-state index contributed by atoms with van der Waals surface area (Å²) < 4.78 is 10.9. The van der Waals surface area contributed by atoms with Gasteiger partial charge < -0.3 is 30.5 Å². The molecule has 3 amide bonds. The average Bonchev–Trinajstić information content (AvgIpc) is 3.07. The van der Waals surface area contributed by atoms with Crippen LogP contribution >= 0.6 is 0 Å². The van der Waals surface area contributed by atoms with Crippen molar-refractivity contribution < 1.29 is 33.8 Å². The number of hydrogen-bond acceptors (Lipinski definition) is 7. The van der Waals surface area contributed by atoms with Crippen LogP contribution in [0.25, 0.3) is 0 Å². The number of carbonyl (C=O) groups is 4. The molecule has 0 saturated heterocycles. The van der Waals surface area contributed by atoms with E-state index in [1.54, 1.807) is 12.2 Å². The van der Waals surface area contributed by atoms with Gasteiger partial charge in [0, 0.05) is 6.42 Å². The molecule has 3 aromatic rings. The molecule has 3 aromatic carbocycles. The monoisotopic (exact) mass is 627 g/mol. The SMILES string of the molecule is O=C(C[C@H]1CC=CC[C@@H](NC(=O)OCc2ccccc2)C(=O)OC[C@H](Cc2ccccc2)NC1=O)N[C@H](CO)Cc1ccccc1. The molecular weight excluding hydrogens is 586 g/mol. The Hall–Kier alpha value is -4.96. The van der Waals surface area contributed by atoms with Gasteiger partial charge in [-0.2, -0.15) is 0 Å². The van der Waals surface area contributed by atoms with Crippen molar-refractivity contribution in [2.45, 2.75) is 56.8 Å². The maximum absolute atomic E-state index is 13.5. The van der Waals surface area contributed by atoms with E-state index < -0.39 is 36.1 Å². The van der Waals surface area contributed by atoms with E-state index in [9.17, 15) is 24.3 Å². The van der Waals surface area contributed by atoms with Gasteiger partial charge >= 0.3 is 12.1 Å². The number of esters is 1. The second kappa shape index (κ2) is 18.1. The van der Waals surface area contributed by atoms with Crippen LogP contribution in [0.2, 0.25) is 0 Å². The summed E-state index contributed by atoms with van der Waals surface area (Å²) in [5, 5.41) is 18.3. The van der Waals surface area contributed by atoms with Crippen molar-refractivity contribution in [1.82, 2.24) is 16.0 Å². The van der Waals surface area contributed by atoms with Gasteiger partial charge in [0.1, 0.15) is 19.3 Å². The molecule has 242 valence electrons. The molecule has 4 N–H and O–H groups in total. The smallest absolute Gasteiger partial charge is 0.408 e. The van der Waals surface area contributed by atoms with Gasteiger partial charge in [-0.05, 0) is 42.4 Å². The van der Waals surface area contributed by atoms with E-state index in [4.69, 9.17) is 9.47 Å². The first-order valence-electron chi connectivity index (χ1n) is 15.5. The summed E-state index contributed by atoms with van der Waals surface area (Å²) in [6.45, 7) is -0.339. The van der Waals surface area contributed by atoms with Crippen LogP contribution in [-0.4, -0.2) is 60.3 Å². The number of amides is 3. The highest BCUT2D eigenvalue weighted by atomic mass is 16.6. The highest BCUT2D eigenvalue weighted by molar-refractivity contribution is 5.86. The number of allylic oxidation sites excluding steroid dienone is 1. The molecule has 1 heterocycles. The summed E-state index contributed by atoms with van der Waals surface area (Å²) in [6, 6.07) is 26.1. The first-order chi connectivity index (χ1) is 22.4. The predicted molar refractivity (Wildman–Crippen MR) is 172 cm³/mol. The van der Waals surface area contributed by atoms with E-state index >= 15 is 0 Å². The number of ether oxygens (including phenoxy) is 2. The van der Waals surface area contributed by atoms with E-state index in [2.05, 4.69) is 16.0 Å². The number of cyclic esters (lactones) is 1. The first-order valence-corrected chi connectivity index (χ1v) is 15.5. The van der Waals surface area contributed by atoms with Crippen LogP contribution in [0.3, 0.4) is 0 Å². The maximum Gasteiger partial charge on any atom is 0.408 e. The molecule has 0 unspecified atom stereocenters. The molecule has 0 aliphatic carbocycles. The highest BCUT2D eigenvalue weighted by Gasteiger charge is 2.28. The minimum Gasteiger partial charge on any atom is -0.462 e. The van der Waals surface area contributed by atoms with Crippen LogP contribution in [0.15, 0.2) is 103 Å². The Kier molecular flexibility index (Phi) is 13.4. The van der Waals surface area contributed by atoms with Gasteiger partial charge in [-0.15, -0.1) is 0 Å². The van der Waals surface area contributed by atoms with Crippen LogP contribution in [0.4, 0.5) is 4.79 Å². The largest absolute Gasteiger partial charge is 0.462 e. The van der Waals surface area contributed by atoms with Gasteiger partial charge in [0.2, 0.25) is 11.8 Å². The molecule has 4 atom stereocenters. The van der Waals surface area contributed by atoms with Crippen molar-refractivity contribution in [2.24, 2.45) is 5.92 Å². The van der Waals surface area contributed by atoms with Crippen LogP contribution < -0.4 is 16.0 Å². The van der Waals surface area contributed by atoms with Crippen molar-refractivity contribution >= 4 is 23.9 Å². The number of hydrogen-bond donors (Lipinski definition) is 4. The van der Waals surface area contributed by atoms with Crippen LogP contribution in [0, 0.1) is 5.92 Å². The zero-order valence-electron chi connectivity index (χ0n) is 25.7. The second-order valence-electron chi connectivity index (χ2n) is 11.3. The van der Waals surface area contributed by atoms with Crippen molar-refractivity contribution in [2.75, 3.05) is 13.2 Å². The Morgan fingerprint density at radius 2 is 1.48 bits per heavy atom. The number of rotatable bonds is 11. The zero-order valence-corrected chi connectivity index (χ0v) is 25.7. The molecule has 46 heavy (non-hydrogen) atoms. The Morgan fingerprint density at radius 3 is 2.13 bits per heavy atom. The minimum atomic E-state index is -1.02. The lowest BCUT2D eigenvalue weighted by molar-refractivity contribution is -0.147. The summed E-state index contributed by atoms with van der Waals surface area (Å²) in [5.41, 5.74) is 2.70. The van der Waals surface area contributed by atoms with E-state index in [-0.39, 0.29) is 50.9 Å². The molecule has 0 spiro atoms. The van der Waals surface area contributed by atoms with Crippen LogP contribution in [0.1, 0.15) is 36.0 Å². The van der Waals surface area contributed by atoms with Gasteiger partial charge in [0.05, 0.1) is 24.6 Å². The van der Waals surface area contributed by atoms with E-state index in [0.29, 0.717) is 12.8 Å². The third-order valence-electron chi connectivity index (χ3n) is 7.56. The molecule has 0 bridgehead atoms. The maximum atomic E-state index is 13.5. The Bertz CT molecular complexity index is 1430. The van der Waals surface area contributed by atoms with Crippen LogP contribution in [0.5, 0.6) is 0 Å². The standard InChI is InChI=1S/C36H41N3O7/c40-23-30(20-26-12-4-1-5-13-26)37-33(41)22-29-18-10-11-19-32(39-36(44)46-24-28-16-8-3-9-17-28)35(43)45-25-31(38-34(29)42)21-27-14-6-2-7-15-27/h1-17,29-32,40H,18-25H2,(H,37,41)(H,38,42)(H,39,44)/t29-,30+,31+,32-/m1/s1. The van der Waals surface area contributed by atoms with Crippen molar-refractivity contribution in [1.29, 1.82) is 0 Å². The normalized spacial score (nSPS) is 19.4. The highest BCUT2D eigenvalue weighted by Crippen LogP contribution is 2.15. The van der Waals surface area contributed by atoms with Crippen molar-refractivity contribution in [3.8, 4) is 0 Å². The number of aliphatic hydroxyl groups is 1. The van der Waals surface area contributed by atoms with Gasteiger partial charge in [-0.3, -0.25) is 9.59 Å². The fourth-order valence-electron chi connectivity index (χ4n) is 5.12. The summed E-state index contributed by atoms with van der Waals surface area (Å²) in [7, 11) is 0. The Balaban J connectivity index is 1.44. The third-order valence-corrected chi connectivity index (χ3v) is 7.56. The number of alkyl carbamates (subject to hydrolysis) is 1. The fourth-order valence-corrected chi connectivity index (χ4v) is 5.12. The zero-order chi connectivity index (χ0) is 32.6. The van der Waals surface area contributed by atoms with Gasteiger partial charge in [0.25, 0.3) is 0 Å². The molecule has 10 heteroatoms. The van der Waals surface area contributed by atoms with E-state index in [0.717, 1.165) is 16.7 Å². The lowest BCUT2D eigenvalue weighted by Gasteiger charge is -2.25. The molecule has 1 aliphatic heterocycles. The summed E-state index contributed by atoms with van der Waals surface area (Å²) >= 11 is 0. The third kappa shape index (κ3) is 11.5. The Labute approximate surface area is 269 Å². The van der Waals surface area contributed by atoms with Crippen LogP contribution in [-0.2, 0) is 43.3 Å². The van der Waals surface area contributed by atoms with Crippen molar-refractivity contribution in [3.63, 3.8) is 0 Å². The minimum absolute atomic E-state index is 0.0433. The molecule has 1 aliphatic rings. The Morgan fingerprint density at radius 1 is 0.870 bits per heavy atom. The van der Waals surface area contributed by atoms with E-state index in [1.165, 1.54) is 0 Å². The number of aliphatic hydroxyl groups excluding tert-OH is 1. The summed E-state index contributed by atoms with van der Waals surface area (Å²) in [5.74, 6) is -2.08. The summed E-state index contributed by atoms with van der Waals surface area (Å²) in [4.78, 5) is 52.2. The molecule has 0 aromatic heterocycles. The van der Waals surface area contributed by atoms with Gasteiger partial charge in [-0.25, -0.2) is 9.59 Å². The molecule has 0 fully saturated rings. The molecule has 4 rings (SSSR count). The number of nitrogens with one attached hydrogen (secondary N) is 3. The lowest BCUT2D eigenvalue weighted by Crippen LogP contribution is -2.47. The van der Waals surface area contributed by atoms with Crippen molar-refractivity contribution in [3.05, 3.63) is 120 Å². The summed E-state index contributed by atoms with van der Waals surface area (Å²) in [6.07, 6.45) is 3.69. The average molecular weight is 628 g/mol. The van der Waals surface area contributed by atoms with E-state index in [1.807, 2.05) is 91.0 Å². The molecule has 10 nitrogen and oxygen atoms in total. The van der Waals surface area contributed by atoms with Gasteiger partial charge in [0.15, 0.2) is 0 Å². The second-order valence-corrected chi connectivity index (χ2v) is 11.3. The topological polar surface area (TPSA) is 143 Å². The quantitative estimate of drug-likeness (QED) is 0.188. The number of carbonyl (C=O) groups excluding carboxylic acids is 4. The molecule has 0 radical (unpaired) electrons. The molecular formula is C36H41N3O7. The lowest BCUT2D eigenvalue weighted by atomic mass is 9.97. The number of benzene rings is 3.